The Bertz CT molecular complexity index is 354. The fourth-order valence-corrected chi connectivity index (χ4v) is 3.00. The molecule has 16 heavy (non-hydrogen) atoms. The average Bonchev–Trinajstić information content (AvgIpc) is 2.83. The van der Waals surface area contributed by atoms with Crippen molar-refractivity contribution in [1.29, 1.82) is 0 Å². The number of hydroxylamine groups is 2. The van der Waals surface area contributed by atoms with Crippen molar-refractivity contribution in [3.63, 3.8) is 0 Å². The summed E-state index contributed by atoms with van der Waals surface area (Å²) in [4.78, 5) is 2.45. The Balaban J connectivity index is 1.63. The fourth-order valence-electron chi connectivity index (χ4n) is 3.00. The molecule has 2 unspecified atom stereocenters. The normalized spacial score (nSPS) is 30.8. The Morgan fingerprint density at radius 1 is 1.19 bits per heavy atom. The van der Waals surface area contributed by atoms with Gasteiger partial charge in [0.25, 0.3) is 0 Å². The van der Waals surface area contributed by atoms with Gasteiger partial charge < -0.3 is 5.21 Å². The third-order valence-corrected chi connectivity index (χ3v) is 3.84. The summed E-state index contributed by atoms with van der Waals surface area (Å²) in [5, 5.41) is 11.2. The van der Waals surface area contributed by atoms with Gasteiger partial charge in [0.05, 0.1) is 6.04 Å². The predicted molar refractivity (Wildman–Crippen MR) is 62.1 cm³/mol. The summed E-state index contributed by atoms with van der Waals surface area (Å²) in [7, 11) is 0. The SMILES string of the molecule is ON1CCC2CN(Cc3ccccc3)CC21. The molecule has 2 fully saturated rings. The maximum atomic E-state index is 9.69. The van der Waals surface area contributed by atoms with Gasteiger partial charge in [-0.15, -0.1) is 0 Å². The summed E-state index contributed by atoms with van der Waals surface area (Å²) in [6, 6.07) is 11.0. The Labute approximate surface area is 96.2 Å². The van der Waals surface area contributed by atoms with Crippen LogP contribution in [0, 0.1) is 5.92 Å². The zero-order valence-corrected chi connectivity index (χ0v) is 9.42. The second kappa shape index (κ2) is 4.17. The van der Waals surface area contributed by atoms with Crippen molar-refractivity contribution in [1.82, 2.24) is 9.96 Å². The number of nitrogens with zero attached hydrogens (tertiary/aromatic N) is 2. The molecule has 86 valence electrons. The highest BCUT2D eigenvalue weighted by Gasteiger charge is 2.40. The van der Waals surface area contributed by atoms with E-state index in [1.807, 2.05) is 0 Å². The number of benzene rings is 1. The lowest BCUT2D eigenvalue weighted by Gasteiger charge is -2.19. The minimum atomic E-state index is 0.378. The Morgan fingerprint density at radius 3 is 2.75 bits per heavy atom. The molecule has 2 saturated heterocycles. The van der Waals surface area contributed by atoms with E-state index in [-0.39, 0.29) is 0 Å². The monoisotopic (exact) mass is 218 g/mol. The number of hydrogen-bond donors (Lipinski definition) is 1. The molecule has 3 heteroatoms. The second-order valence-corrected chi connectivity index (χ2v) is 4.96. The molecular weight excluding hydrogens is 200 g/mol. The van der Waals surface area contributed by atoms with E-state index in [2.05, 4.69) is 35.2 Å². The van der Waals surface area contributed by atoms with Crippen LogP contribution in [0.3, 0.4) is 0 Å². The van der Waals surface area contributed by atoms with Gasteiger partial charge in [0.2, 0.25) is 0 Å². The quantitative estimate of drug-likeness (QED) is 0.816. The van der Waals surface area contributed by atoms with Gasteiger partial charge >= 0.3 is 0 Å². The van der Waals surface area contributed by atoms with Gasteiger partial charge in [-0.3, -0.25) is 4.90 Å². The lowest BCUT2D eigenvalue weighted by Crippen LogP contribution is -2.32. The summed E-state index contributed by atoms with van der Waals surface area (Å²) < 4.78 is 0. The minimum absolute atomic E-state index is 0.378. The molecule has 2 aliphatic heterocycles. The third kappa shape index (κ3) is 1.86. The van der Waals surface area contributed by atoms with Crippen LogP contribution in [-0.4, -0.2) is 40.8 Å². The average molecular weight is 218 g/mol. The van der Waals surface area contributed by atoms with Crippen LogP contribution in [0.25, 0.3) is 0 Å². The van der Waals surface area contributed by atoms with Crippen LogP contribution in [0.15, 0.2) is 30.3 Å². The topological polar surface area (TPSA) is 26.7 Å². The van der Waals surface area contributed by atoms with Gasteiger partial charge in [0.15, 0.2) is 0 Å². The second-order valence-electron chi connectivity index (χ2n) is 4.96. The lowest BCUT2D eigenvalue weighted by molar-refractivity contribution is -0.104. The molecule has 0 bridgehead atoms. The van der Waals surface area contributed by atoms with Crippen LogP contribution in [0.5, 0.6) is 0 Å². The maximum Gasteiger partial charge on any atom is 0.0518 e. The molecule has 0 saturated carbocycles. The van der Waals surface area contributed by atoms with Gasteiger partial charge in [-0.2, -0.15) is 5.06 Å². The van der Waals surface area contributed by atoms with E-state index >= 15 is 0 Å². The molecule has 1 N–H and O–H groups in total. The van der Waals surface area contributed by atoms with E-state index in [1.54, 1.807) is 0 Å². The van der Waals surface area contributed by atoms with Gasteiger partial charge in [0.1, 0.15) is 0 Å². The Kier molecular flexibility index (Phi) is 2.67. The van der Waals surface area contributed by atoms with Crippen LogP contribution in [-0.2, 0) is 6.54 Å². The molecule has 1 aromatic rings. The summed E-state index contributed by atoms with van der Waals surface area (Å²) >= 11 is 0. The summed E-state index contributed by atoms with van der Waals surface area (Å²) in [6.07, 6.45) is 1.15. The molecule has 1 aromatic carbocycles. The van der Waals surface area contributed by atoms with Crippen molar-refractivity contribution in [2.75, 3.05) is 19.6 Å². The molecule has 0 spiro atoms. The highest BCUT2D eigenvalue weighted by atomic mass is 16.5. The van der Waals surface area contributed by atoms with Crippen LogP contribution < -0.4 is 0 Å². The molecular formula is C13H18N2O. The van der Waals surface area contributed by atoms with Crippen molar-refractivity contribution in [3.05, 3.63) is 35.9 Å². The smallest absolute Gasteiger partial charge is 0.0518 e. The van der Waals surface area contributed by atoms with E-state index in [0.717, 1.165) is 32.6 Å². The lowest BCUT2D eigenvalue weighted by atomic mass is 10.1. The van der Waals surface area contributed by atoms with E-state index in [9.17, 15) is 5.21 Å². The number of rotatable bonds is 2. The first-order valence-electron chi connectivity index (χ1n) is 6.05. The molecule has 0 aromatic heterocycles. The van der Waals surface area contributed by atoms with Crippen LogP contribution in [0.4, 0.5) is 0 Å². The molecule has 0 amide bonds. The van der Waals surface area contributed by atoms with Gasteiger partial charge in [-0.05, 0) is 17.9 Å². The minimum Gasteiger partial charge on any atom is -0.314 e. The first kappa shape index (κ1) is 10.3. The Hall–Kier alpha value is -0.900. The van der Waals surface area contributed by atoms with Crippen LogP contribution >= 0.6 is 0 Å². The molecule has 0 radical (unpaired) electrons. The predicted octanol–water partition coefficient (Wildman–Crippen LogP) is 1.58. The van der Waals surface area contributed by atoms with Gasteiger partial charge in [-0.1, -0.05) is 30.3 Å². The van der Waals surface area contributed by atoms with E-state index in [4.69, 9.17) is 0 Å². The standard InChI is InChI=1S/C13H18N2O/c16-15-7-6-12-9-14(10-13(12)15)8-11-4-2-1-3-5-11/h1-5,12-13,16H,6-10H2. The van der Waals surface area contributed by atoms with Gasteiger partial charge in [-0.25, -0.2) is 0 Å². The number of fused-ring (bicyclic) bond motifs is 1. The first-order chi connectivity index (χ1) is 7.83. The van der Waals surface area contributed by atoms with E-state index in [0.29, 0.717) is 12.0 Å². The van der Waals surface area contributed by atoms with E-state index in [1.165, 1.54) is 10.6 Å². The van der Waals surface area contributed by atoms with Crippen molar-refractivity contribution in [3.8, 4) is 0 Å². The Morgan fingerprint density at radius 2 is 2.00 bits per heavy atom. The maximum absolute atomic E-state index is 9.69. The largest absolute Gasteiger partial charge is 0.314 e. The van der Waals surface area contributed by atoms with Crippen molar-refractivity contribution in [2.45, 2.75) is 19.0 Å². The zero-order chi connectivity index (χ0) is 11.0. The van der Waals surface area contributed by atoms with Crippen molar-refractivity contribution >= 4 is 0 Å². The highest BCUT2D eigenvalue weighted by molar-refractivity contribution is 5.15. The summed E-state index contributed by atoms with van der Waals surface area (Å²) in [6.45, 7) is 4.02. The van der Waals surface area contributed by atoms with Crippen molar-refractivity contribution in [2.24, 2.45) is 5.92 Å². The molecule has 2 aliphatic rings. The third-order valence-electron chi connectivity index (χ3n) is 3.84. The molecule has 2 heterocycles. The summed E-state index contributed by atoms with van der Waals surface area (Å²) in [5.74, 6) is 0.675. The van der Waals surface area contributed by atoms with Crippen LogP contribution in [0.1, 0.15) is 12.0 Å². The summed E-state index contributed by atoms with van der Waals surface area (Å²) in [5.41, 5.74) is 1.37. The van der Waals surface area contributed by atoms with Crippen LogP contribution in [0.2, 0.25) is 0 Å². The zero-order valence-electron chi connectivity index (χ0n) is 9.42. The fraction of sp³-hybridized carbons (Fsp3) is 0.538. The van der Waals surface area contributed by atoms with Crippen molar-refractivity contribution < 1.29 is 5.21 Å². The molecule has 2 atom stereocenters. The van der Waals surface area contributed by atoms with Gasteiger partial charge in [0, 0.05) is 26.2 Å². The molecule has 3 nitrogen and oxygen atoms in total. The molecule has 3 rings (SSSR count). The number of hydrogen-bond acceptors (Lipinski definition) is 3. The number of likely N-dealkylation sites (tertiary alicyclic amines) is 1. The highest BCUT2D eigenvalue weighted by Crippen LogP contribution is 2.30. The first-order valence-corrected chi connectivity index (χ1v) is 6.05. The van der Waals surface area contributed by atoms with E-state index < -0.39 is 0 Å². The molecule has 0 aliphatic carbocycles.